The summed E-state index contributed by atoms with van der Waals surface area (Å²) in [6, 6.07) is 3.00. The minimum absolute atomic E-state index is 0.0414. The van der Waals surface area contributed by atoms with Crippen LogP contribution < -0.4 is 10.6 Å². The Balaban J connectivity index is 2.61. The van der Waals surface area contributed by atoms with Gasteiger partial charge in [-0.25, -0.2) is 4.79 Å². The summed E-state index contributed by atoms with van der Waals surface area (Å²) in [7, 11) is 1.57. The van der Waals surface area contributed by atoms with Crippen LogP contribution in [-0.2, 0) is 11.2 Å². The molecule has 0 fully saturated rings. The van der Waals surface area contributed by atoms with E-state index < -0.39 is 5.60 Å². The Morgan fingerprint density at radius 3 is 2.64 bits per heavy atom. The van der Waals surface area contributed by atoms with Crippen molar-refractivity contribution in [3.05, 3.63) is 23.7 Å². The van der Waals surface area contributed by atoms with Crippen LogP contribution >= 0.6 is 0 Å². The summed E-state index contributed by atoms with van der Waals surface area (Å²) >= 11 is 0. The van der Waals surface area contributed by atoms with Gasteiger partial charge in [0, 0.05) is 20.1 Å². The molecule has 0 radical (unpaired) electrons. The van der Waals surface area contributed by atoms with Crippen molar-refractivity contribution in [3.63, 3.8) is 0 Å². The number of furan rings is 1. The maximum absolute atomic E-state index is 12.0. The highest BCUT2D eigenvalue weighted by molar-refractivity contribution is 5.74. The summed E-state index contributed by atoms with van der Waals surface area (Å²) in [5.41, 5.74) is -0.950. The van der Waals surface area contributed by atoms with E-state index in [0.717, 1.165) is 12.2 Å². The molecule has 1 aromatic rings. The Labute approximate surface area is 132 Å². The summed E-state index contributed by atoms with van der Waals surface area (Å²) in [6.07, 6.45) is 0.795. The number of hydrogen-bond acceptors (Lipinski definition) is 4. The number of aryl methyl sites for hydroxylation is 1. The molecule has 0 saturated carbocycles. The van der Waals surface area contributed by atoms with E-state index in [0.29, 0.717) is 12.4 Å². The van der Waals surface area contributed by atoms with Crippen LogP contribution in [0.1, 0.15) is 45.3 Å². The third-order valence-electron chi connectivity index (χ3n) is 3.86. The van der Waals surface area contributed by atoms with E-state index in [1.807, 2.05) is 32.9 Å². The minimum atomic E-state index is -0.950. The highest BCUT2D eigenvalue weighted by atomic mass is 16.5. The van der Waals surface area contributed by atoms with Crippen molar-refractivity contribution in [2.24, 2.45) is 5.92 Å². The summed E-state index contributed by atoms with van der Waals surface area (Å²) < 4.78 is 10.8. The average molecular weight is 312 g/mol. The number of ether oxygens (including phenoxy) is 1. The predicted molar refractivity (Wildman–Crippen MR) is 84.7 cm³/mol. The van der Waals surface area contributed by atoms with Gasteiger partial charge in [0.15, 0.2) is 0 Å². The van der Waals surface area contributed by atoms with Gasteiger partial charge >= 0.3 is 6.03 Å². The zero-order valence-electron chi connectivity index (χ0n) is 14.1. The van der Waals surface area contributed by atoms with Crippen LogP contribution in [0.25, 0.3) is 0 Å². The SMILES string of the molecule is CCc1ccc(C(COC)NC(=O)NCC(C)(O)C(C)C)o1. The van der Waals surface area contributed by atoms with Gasteiger partial charge in [0.05, 0.1) is 12.2 Å². The highest BCUT2D eigenvalue weighted by Crippen LogP contribution is 2.18. The lowest BCUT2D eigenvalue weighted by molar-refractivity contribution is 0.0164. The number of nitrogens with one attached hydrogen (secondary N) is 2. The second-order valence-electron chi connectivity index (χ2n) is 6.00. The molecule has 0 saturated heterocycles. The minimum Gasteiger partial charge on any atom is -0.464 e. The van der Waals surface area contributed by atoms with Crippen LogP contribution in [0.2, 0.25) is 0 Å². The fourth-order valence-corrected chi connectivity index (χ4v) is 1.81. The molecule has 3 N–H and O–H groups in total. The summed E-state index contributed by atoms with van der Waals surface area (Å²) in [4.78, 5) is 12.0. The number of amides is 2. The molecule has 2 unspecified atom stereocenters. The topological polar surface area (TPSA) is 83.7 Å². The van der Waals surface area contributed by atoms with E-state index in [4.69, 9.17) is 9.15 Å². The first-order chi connectivity index (χ1) is 10.3. The fourth-order valence-electron chi connectivity index (χ4n) is 1.81. The molecule has 22 heavy (non-hydrogen) atoms. The molecule has 1 rings (SSSR count). The van der Waals surface area contributed by atoms with Crippen LogP contribution in [0.3, 0.4) is 0 Å². The van der Waals surface area contributed by atoms with Gasteiger partial charge in [0.1, 0.15) is 17.6 Å². The quantitative estimate of drug-likeness (QED) is 0.687. The molecule has 126 valence electrons. The average Bonchev–Trinajstić information content (AvgIpc) is 2.93. The lowest BCUT2D eigenvalue weighted by Crippen LogP contribution is -2.48. The summed E-state index contributed by atoms with van der Waals surface area (Å²) in [5, 5.41) is 15.6. The number of carbonyl (C=O) groups excluding carboxylic acids is 1. The molecule has 0 aliphatic heterocycles. The van der Waals surface area contributed by atoms with E-state index in [1.165, 1.54) is 0 Å². The van der Waals surface area contributed by atoms with E-state index in [-0.39, 0.29) is 24.5 Å². The van der Waals surface area contributed by atoms with Gasteiger partial charge in [-0.05, 0) is 25.0 Å². The van der Waals surface area contributed by atoms with Crippen molar-refractivity contribution < 1.29 is 19.1 Å². The van der Waals surface area contributed by atoms with E-state index in [9.17, 15) is 9.90 Å². The van der Waals surface area contributed by atoms with Gasteiger partial charge in [-0.3, -0.25) is 0 Å². The monoisotopic (exact) mass is 312 g/mol. The van der Waals surface area contributed by atoms with Crippen molar-refractivity contribution in [1.29, 1.82) is 0 Å². The molecule has 0 aliphatic rings. The molecular weight excluding hydrogens is 284 g/mol. The molecule has 2 atom stereocenters. The molecule has 0 bridgehead atoms. The fraction of sp³-hybridized carbons (Fsp3) is 0.688. The van der Waals surface area contributed by atoms with Crippen molar-refractivity contribution in [2.45, 2.75) is 45.8 Å². The van der Waals surface area contributed by atoms with Crippen LogP contribution in [-0.4, -0.2) is 37.0 Å². The first-order valence-electron chi connectivity index (χ1n) is 7.64. The smallest absolute Gasteiger partial charge is 0.315 e. The standard InChI is InChI=1S/C16H28N2O4/c1-6-12-7-8-14(22-12)13(9-21-5)18-15(19)17-10-16(4,20)11(2)3/h7-8,11,13,20H,6,9-10H2,1-5H3,(H2,17,18,19). The first kappa shape index (κ1) is 18.5. The predicted octanol–water partition coefficient (Wildman–Crippen LogP) is 2.24. The van der Waals surface area contributed by atoms with Crippen molar-refractivity contribution in [3.8, 4) is 0 Å². The Morgan fingerprint density at radius 2 is 2.14 bits per heavy atom. The molecule has 6 heteroatoms. The van der Waals surface area contributed by atoms with Crippen molar-refractivity contribution in [2.75, 3.05) is 20.3 Å². The maximum Gasteiger partial charge on any atom is 0.315 e. The Kier molecular flexibility index (Phi) is 6.90. The lowest BCUT2D eigenvalue weighted by Gasteiger charge is -2.28. The van der Waals surface area contributed by atoms with E-state index >= 15 is 0 Å². The Hall–Kier alpha value is -1.53. The summed E-state index contributed by atoms with van der Waals surface area (Å²) in [5.74, 6) is 1.56. The largest absolute Gasteiger partial charge is 0.464 e. The molecular formula is C16H28N2O4. The van der Waals surface area contributed by atoms with Crippen LogP contribution in [0.4, 0.5) is 4.79 Å². The van der Waals surface area contributed by atoms with Gasteiger partial charge in [-0.15, -0.1) is 0 Å². The normalized spacial score (nSPS) is 15.4. The Morgan fingerprint density at radius 1 is 1.45 bits per heavy atom. The van der Waals surface area contributed by atoms with Crippen molar-refractivity contribution in [1.82, 2.24) is 10.6 Å². The van der Waals surface area contributed by atoms with Crippen LogP contribution in [0, 0.1) is 5.92 Å². The van der Waals surface area contributed by atoms with Crippen molar-refractivity contribution >= 4 is 6.03 Å². The van der Waals surface area contributed by atoms with E-state index in [2.05, 4.69) is 10.6 Å². The first-order valence-corrected chi connectivity index (χ1v) is 7.64. The maximum atomic E-state index is 12.0. The molecule has 0 spiro atoms. The third-order valence-corrected chi connectivity index (χ3v) is 3.86. The number of rotatable bonds is 8. The zero-order valence-corrected chi connectivity index (χ0v) is 14.1. The number of urea groups is 1. The van der Waals surface area contributed by atoms with Gasteiger partial charge in [-0.2, -0.15) is 0 Å². The number of hydrogen-bond donors (Lipinski definition) is 3. The van der Waals surface area contributed by atoms with Crippen LogP contribution in [0.15, 0.2) is 16.5 Å². The number of methoxy groups -OCH3 is 1. The number of aliphatic hydroxyl groups is 1. The highest BCUT2D eigenvalue weighted by Gasteiger charge is 2.26. The van der Waals surface area contributed by atoms with Crippen LogP contribution in [0.5, 0.6) is 0 Å². The van der Waals surface area contributed by atoms with Gasteiger partial charge in [0.25, 0.3) is 0 Å². The Bertz CT molecular complexity index is 468. The zero-order chi connectivity index (χ0) is 16.8. The lowest BCUT2D eigenvalue weighted by atomic mass is 9.93. The van der Waals surface area contributed by atoms with Gasteiger partial charge in [-0.1, -0.05) is 20.8 Å². The van der Waals surface area contributed by atoms with Gasteiger partial charge < -0.3 is 24.9 Å². The molecule has 1 heterocycles. The molecule has 2 amide bonds. The number of carbonyl (C=O) groups is 1. The second-order valence-corrected chi connectivity index (χ2v) is 6.00. The van der Waals surface area contributed by atoms with Gasteiger partial charge in [0.2, 0.25) is 0 Å². The molecule has 1 aromatic heterocycles. The second kappa shape index (κ2) is 8.19. The summed E-state index contributed by atoms with van der Waals surface area (Å²) in [6.45, 7) is 8.00. The third kappa shape index (κ3) is 5.35. The molecule has 0 aromatic carbocycles. The van der Waals surface area contributed by atoms with E-state index in [1.54, 1.807) is 14.0 Å². The molecule has 6 nitrogen and oxygen atoms in total. The molecule has 0 aliphatic carbocycles.